The first-order valence-corrected chi connectivity index (χ1v) is 8.21. The number of nitrogens with zero attached hydrogens (tertiary/aromatic N) is 3. The Morgan fingerprint density at radius 2 is 2.22 bits per heavy atom. The molecule has 7 nitrogen and oxygen atoms in total. The lowest BCUT2D eigenvalue weighted by atomic mass is 9.77. The zero-order valence-corrected chi connectivity index (χ0v) is 14.7. The Morgan fingerprint density at radius 1 is 1.48 bits per heavy atom. The fraction of sp³-hybridized carbons (Fsp3) is 0.571. The molecule has 1 amide bonds. The van der Waals surface area contributed by atoms with E-state index in [1.54, 1.807) is 0 Å². The molecule has 2 heterocycles. The van der Waals surface area contributed by atoms with Gasteiger partial charge < -0.3 is 15.6 Å². The number of hydrogen-bond donors (Lipinski definition) is 2. The van der Waals surface area contributed by atoms with Gasteiger partial charge in [-0.15, -0.1) is 23.7 Å². The first kappa shape index (κ1) is 17.8. The number of thiazole rings is 1. The van der Waals surface area contributed by atoms with Crippen LogP contribution in [0.5, 0.6) is 0 Å². The predicted molar refractivity (Wildman–Crippen MR) is 89.7 cm³/mol. The molecular weight excluding hydrogens is 338 g/mol. The van der Waals surface area contributed by atoms with Crippen LogP contribution in [0.3, 0.4) is 0 Å². The van der Waals surface area contributed by atoms with Crippen molar-refractivity contribution in [1.82, 2.24) is 15.1 Å². The van der Waals surface area contributed by atoms with Crippen molar-refractivity contribution in [2.45, 2.75) is 45.1 Å². The fourth-order valence-corrected chi connectivity index (χ4v) is 2.87. The minimum absolute atomic E-state index is 0. The van der Waals surface area contributed by atoms with Crippen molar-refractivity contribution in [3.63, 3.8) is 0 Å². The lowest BCUT2D eigenvalue weighted by Crippen LogP contribution is -2.44. The van der Waals surface area contributed by atoms with E-state index in [1.165, 1.54) is 11.3 Å². The minimum atomic E-state index is -0.416. The number of hydrogen-bond acceptors (Lipinski definition) is 7. The molecule has 0 atom stereocenters. The summed E-state index contributed by atoms with van der Waals surface area (Å²) in [5.74, 6) is 0.959. The fourth-order valence-electron chi connectivity index (χ4n) is 2.16. The van der Waals surface area contributed by atoms with Gasteiger partial charge >= 0.3 is 0 Å². The number of nitrogens with two attached hydrogens (primary N) is 1. The smallest absolute Gasteiger partial charge is 0.232 e. The maximum atomic E-state index is 11.6. The highest BCUT2D eigenvalue weighted by Crippen LogP contribution is 2.37. The lowest BCUT2D eigenvalue weighted by Gasteiger charge is -2.34. The van der Waals surface area contributed by atoms with Gasteiger partial charge in [0, 0.05) is 11.3 Å². The maximum Gasteiger partial charge on any atom is 0.232 e. The average Bonchev–Trinajstić information content (AvgIpc) is 3.06. The average molecular weight is 358 g/mol. The lowest BCUT2D eigenvalue weighted by molar-refractivity contribution is -0.118. The molecule has 0 spiro atoms. The Labute approximate surface area is 144 Å². The quantitative estimate of drug-likeness (QED) is 0.851. The second-order valence-electron chi connectivity index (χ2n) is 5.99. The van der Waals surface area contributed by atoms with Crippen LogP contribution in [0, 0.1) is 5.92 Å². The highest BCUT2D eigenvalue weighted by Gasteiger charge is 2.38. The molecule has 2 aromatic rings. The number of carbonyl (C=O) groups excluding carboxylic acids is 1. The molecule has 3 N–H and O–H groups in total. The summed E-state index contributed by atoms with van der Waals surface area (Å²) in [6, 6.07) is 0. The largest absolute Gasteiger partial charge is 0.339 e. The molecule has 0 aliphatic heterocycles. The van der Waals surface area contributed by atoms with Crippen molar-refractivity contribution in [2.75, 3.05) is 5.32 Å². The second-order valence-corrected chi connectivity index (χ2v) is 6.84. The molecular formula is C14H20ClN5O2S. The summed E-state index contributed by atoms with van der Waals surface area (Å²) in [5, 5.41) is 9.22. The highest BCUT2D eigenvalue weighted by atomic mass is 35.5. The third kappa shape index (κ3) is 3.88. The second kappa shape index (κ2) is 6.94. The van der Waals surface area contributed by atoms with Gasteiger partial charge in [-0.3, -0.25) is 4.79 Å². The van der Waals surface area contributed by atoms with Crippen molar-refractivity contribution < 1.29 is 9.32 Å². The van der Waals surface area contributed by atoms with Crippen LogP contribution in [0.4, 0.5) is 5.13 Å². The Morgan fingerprint density at radius 3 is 2.83 bits per heavy atom. The first-order chi connectivity index (χ1) is 10.5. The number of halogens is 1. The Hall–Kier alpha value is -1.51. The normalized spacial score (nSPS) is 15.8. The summed E-state index contributed by atoms with van der Waals surface area (Å²) in [4.78, 5) is 20.4. The van der Waals surface area contributed by atoms with Gasteiger partial charge in [-0.1, -0.05) is 19.0 Å². The third-order valence-electron chi connectivity index (χ3n) is 3.80. The summed E-state index contributed by atoms with van der Waals surface area (Å²) in [7, 11) is 0. The molecule has 0 aromatic carbocycles. The number of anilines is 1. The highest BCUT2D eigenvalue weighted by molar-refractivity contribution is 7.13. The van der Waals surface area contributed by atoms with E-state index in [0.29, 0.717) is 23.3 Å². The molecule has 0 unspecified atom stereocenters. The first-order valence-electron chi connectivity index (χ1n) is 7.33. The summed E-state index contributed by atoms with van der Waals surface area (Å²) < 4.78 is 5.26. The van der Waals surface area contributed by atoms with E-state index < -0.39 is 5.54 Å². The summed E-state index contributed by atoms with van der Waals surface area (Å²) in [6.07, 6.45) is 3.34. The van der Waals surface area contributed by atoms with Crippen molar-refractivity contribution in [3.8, 4) is 0 Å². The molecule has 0 radical (unpaired) electrons. The van der Waals surface area contributed by atoms with Gasteiger partial charge in [0.15, 0.2) is 11.0 Å². The molecule has 0 bridgehead atoms. The van der Waals surface area contributed by atoms with Crippen LogP contribution in [0.25, 0.3) is 0 Å². The third-order valence-corrected chi connectivity index (χ3v) is 4.60. The van der Waals surface area contributed by atoms with Crippen molar-refractivity contribution in [1.29, 1.82) is 0 Å². The van der Waals surface area contributed by atoms with Crippen LogP contribution in [-0.4, -0.2) is 21.0 Å². The Kier molecular flexibility index (Phi) is 5.38. The summed E-state index contributed by atoms with van der Waals surface area (Å²) >= 11 is 1.38. The van der Waals surface area contributed by atoms with E-state index in [9.17, 15) is 4.79 Å². The minimum Gasteiger partial charge on any atom is -0.339 e. The number of rotatable bonds is 5. The number of amides is 1. The molecule has 1 saturated carbocycles. The molecule has 1 fully saturated rings. The van der Waals surface area contributed by atoms with Crippen molar-refractivity contribution in [2.24, 2.45) is 11.7 Å². The molecule has 1 aliphatic carbocycles. The van der Waals surface area contributed by atoms with Gasteiger partial charge in [0.25, 0.3) is 0 Å². The molecule has 1 aliphatic rings. The van der Waals surface area contributed by atoms with Gasteiger partial charge in [0.1, 0.15) is 0 Å². The van der Waals surface area contributed by atoms with E-state index in [0.717, 1.165) is 25.0 Å². The molecule has 23 heavy (non-hydrogen) atoms. The predicted octanol–water partition coefficient (Wildman–Crippen LogP) is 2.47. The van der Waals surface area contributed by atoms with Crippen molar-refractivity contribution in [3.05, 3.63) is 22.8 Å². The van der Waals surface area contributed by atoms with E-state index in [-0.39, 0.29) is 24.2 Å². The van der Waals surface area contributed by atoms with E-state index >= 15 is 0 Å². The molecule has 2 aromatic heterocycles. The van der Waals surface area contributed by atoms with E-state index in [2.05, 4.69) is 20.4 Å². The van der Waals surface area contributed by atoms with Crippen LogP contribution in [0.1, 0.15) is 50.5 Å². The Bertz CT molecular complexity index is 680. The molecule has 3 rings (SSSR count). The van der Waals surface area contributed by atoms with Crippen LogP contribution in [0.2, 0.25) is 0 Å². The zero-order chi connectivity index (χ0) is 15.7. The summed E-state index contributed by atoms with van der Waals surface area (Å²) in [6.45, 7) is 3.68. The van der Waals surface area contributed by atoms with Gasteiger partial charge in [-0.25, -0.2) is 4.98 Å². The van der Waals surface area contributed by atoms with Crippen LogP contribution in [0.15, 0.2) is 9.90 Å². The van der Waals surface area contributed by atoms with E-state index in [1.807, 2.05) is 19.2 Å². The van der Waals surface area contributed by atoms with Crippen LogP contribution >= 0.6 is 23.7 Å². The number of aromatic nitrogens is 3. The van der Waals surface area contributed by atoms with Gasteiger partial charge in [-0.2, -0.15) is 4.98 Å². The van der Waals surface area contributed by atoms with Gasteiger partial charge in [0.2, 0.25) is 11.8 Å². The number of carbonyl (C=O) groups is 1. The number of nitrogens with one attached hydrogen (secondary N) is 1. The summed E-state index contributed by atoms with van der Waals surface area (Å²) in [5.41, 5.74) is 6.55. The monoisotopic (exact) mass is 357 g/mol. The molecule has 0 saturated heterocycles. The van der Waals surface area contributed by atoms with Crippen LogP contribution in [-0.2, 0) is 16.8 Å². The van der Waals surface area contributed by atoms with Crippen molar-refractivity contribution >= 4 is 34.8 Å². The topological polar surface area (TPSA) is 107 Å². The standard InChI is InChI=1S/C14H19N5O2S.ClH/c1-8(2)11(20)18-13-16-9(7-22-13)6-10-17-12(19-21-10)14(15)4-3-5-14;/h7-8H,3-6,15H2,1-2H3,(H,16,18,20);1H. The zero-order valence-electron chi connectivity index (χ0n) is 13.0. The SMILES string of the molecule is CC(C)C(=O)Nc1nc(Cc2nc(C3(N)CCC3)no2)cs1.Cl. The molecule has 126 valence electrons. The van der Waals surface area contributed by atoms with Gasteiger partial charge in [-0.05, 0) is 19.3 Å². The molecule has 9 heteroatoms. The van der Waals surface area contributed by atoms with E-state index in [4.69, 9.17) is 10.3 Å². The van der Waals surface area contributed by atoms with Gasteiger partial charge in [0.05, 0.1) is 17.7 Å². The van der Waals surface area contributed by atoms with Crippen LogP contribution < -0.4 is 11.1 Å². The maximum absolute atomic E-state index is 11.6. The Balaban J connectivity index is 0.00000192.